The van der Waals surface area contributed by atoms with E-state index in [-0.39, 0.29) is 12.0 Å². The summed E-state index contributed by atoms with van der Waals surface area (Å²) in [5, 5.41) is 4.39. The summed E-state index contributed by atoms with van der Waals surface area (Å²) in [6.07, 6.45) is 2.85. The molecule has 0 unspecified atom stereocenters. The Kier molecular flexibility index (Phi) is 5.53. The predicted octanol–water partition coefficient (Wildman–Crippen LogP) is 2.70. The molecular formula is C20H27N3O2. The molecule has 2 heterocycles. The van der Waals surface area contributed by atoms with Gasteiger partial charge in [0.15, 0.2) is 0 Å². The second-order valence-corrected chi connectivity index (χ2v) is 6.76. The minimum Gasteiger partial charge on any atom is -0.379 e. The lowest BCUT2D eigenvalue weighted by Crippen LogP contribution is -2.48. The van der Waals surface area contributed by atoms with Gasteiger partial charge in [-0.05, 0) is 36.8 Å². The van der Waals surface area contributed by atoms with Crippen LogP contribution < -0.4 is 0 Å². The highest BCUT2D eigenvalue weighted by molar-refractivity contribution is 5.92. The van der Waals surface area contributed by atoms with Gasteiger partial charge in [0.25, 0.3) is 5.91 Å². The Bertz CT molecular complexity index is 711. The minimum atomic E-state index is 0.0508. The molecule has 0 bridgehead atoms. The molecule has 0 saturated carbocycles. The summed E-state index contributed by atoms with van der Waals surface area (Å²) in [6, 6.07) is 12.4. The van der Waals surface area contributed by atoms with Gasteiger partial charge < -0.3 is 9.64 Å². The molecule has 1 aromatic carbocycles. The van der Waals surface area contributed by atoms with E-state index in [9.17, 15) is 4.79 Å². The number of amides is 1. The number of rotatable bonds is 5. The van der Waals surface area contributed by atoms with Gasteiger partial charge in [-0.2, -0.15) is 5.10 Å². The molecule has 25 heavy (non-hydrogen) atoms. The van der Waals surface area contributed by atoms with Crippen molar-refractivity contribution in [3.05, 3.63) is 53.3 Å². The Hall–Kier alpha value is -2.14. The van der Waals surface area contributed by atoms with Gasteiger partial charge in [0, 0.05) is 27.2 Å². The van der Waals surface area contributed by atoms with Gasteiger partial charge in [-0.15, -0.1) is 0 Å². The molecule has 0 radical (unpaired) electrons. The fraction of sp³-hybridized carbons (Fsp3) is 0.500. The maximum atomic E-state index is 12.9. The van der Waals surface area contributed by atoms with Gasteiger partial charge in [-0.3, -0.25) is 9.48 Å². The van der Waals surface area contributed by atoms with Crippen LogP contribution in [-0.4, -0.2) is 46.9 Å². The molecule has 5 nitrogen and oxygen atoms in total. The number of hydrogen-bond donors (Lipinski definition) is 0. The SMILES string of the molecule is CCc1cc(C(=O)N2CC[C@H](Cc3ccccc3)[C@@H](OC)C2)n(C)n1. The van der Waals surface area contributed by atoms with Gasteiger partial charge in [-0.1, -0.05) is 37.3 Å². The molecule has 1 amide bonds. The van der Waals surface area contributed by atoms with Crippen LogP contribution in [0.2, 0.25) is 0 Å². The Labute approximate surface area is 149 Å². The number of hydrogen-bond acceptors (Lipinski definition) is 3. The van der Waals surface area contributed by atoms with Crippen molar-refractivity contribution in [1.82, 2.24) is 14.7 Å². The minimum absolute atomic E-state index is 0.0508. The van der Waals surface area contributed by atoms with Crippen LogP contribution in [0.4, 0.5) is 0 Å². The third-order valence-corrected chi connectivity index (χ3v) is 5.14. The number of methoxy groups -OCH3 is 1. The van der Waals surface area contributed by atoms with Crippen LogP contribution in [0.5, 0.6) is 0 Å². The molecule has 0 spiro atoms. The highest BCUT2D eigenvalue weighted by atomic mass is 16.5. The van der Waals surface area contributed by atoms with Crippen molar-refractivity contribution in [3.8, 4) is 0 Å². The van der Waals surface area contributed by atoms with Crippen LogP contribution >= 0.6 is 0 Å². The first-order valence-electron chi connectivity index (χ1n) is 9.01. The van der Waals surface area contributed by atoms with E-state index in [0.29, 0.717) is 18.2 Å². The zero-order valence-corrected chi connectivity index (χ0v) is 15.3. The molecule has 0 aliphatic carbocycles. The smallest absolute Gasteiger partial charge is 0.272 e. The quantitative estimate of drug-likeness (QED) is 0.840. The van der Waals surface area contributed by atoms with Crippen molar-refractivity contribution >= 4 is 5.91 Å². The molecule has 1 aliphatic heterocycles. The van der Waals surface area contributed by atoms with Crippen LogP contribution in [0.1, 0.15) is 35.1 Å². The number of aromatic nitrogens is 2. The summed E-state index contributed by atoms with van der Waals surface area (Å²) >= 11 is 0. The summed E-state index contributed by atoms with van der Waals surface area (Å²) in [6.45, 7) is 3.45. The Balaban J connectivity index is 1.68. The highest BCUT2D eigenvalue weighted by Crippen LogP contribution is 2.25. The van der Waals surface area contributed by atoms with Crippen molar-refractivity contribution in [2.75, 3.05) is 20.2 Å². The number of piperidine rings is 1. The molecule has 1 saturated heterocycles. The lowest BCUT2D eigenvalue weighted by atomic mass is 9.87. The first kappa shape index (κ1) is 17.7. The van der Waals surface area contributed by atoms with E-state index < -0.39 is 0 Å². The number of carbonyl (C=O) groups excluding carboxylic acids is 1. The topological polar surface area (TPSA) is 47.4 Å². The Morgan fingerprint density at radius 2 is 2.08 bits per heavy atom. The normalized spacial score (nSPS) is 20.7. The number of nitrogens with zero attached hydrogens (tertiary/aromatic N) is 3. The van der Waals surface area contributed by atoms with Crippen molar-refractivity contribution < 1.29 is 9.53 Å². The van der Waals surface area contributed by atoms with Crippen molar-refractivity contribution in [1.29, 1.82) is 0 Å². The van der Waals surface area contributed by atoms with E-state index in [1.165, 1.54) is 5.56 Å². The van der Waals surface area contributed by atoms with E-state index in [1.807, 2.05) is 31.0 Å². The van der Waals surface area contributed by atoms with Crippen LogP contribution in [0.15, 0.2) is 36.4 Å². The molecule has 2 atom stereocenters. The van der Waals surface area contributed by atoms with Gasteiger partial charge in [-0.25, -0.2) is 0 Å². The average molecular weight is 341 g/mol. The summed E-state index contributed by atoms with van der Waals surface area (Å²) < 4.78 is 7.43. The van der Waals surface area contributed by atoms with Gasteiger partial charge >= 0.3 is 0 Å². The maximum Gasteiger partial charge on any atom is 0.272 e. The van der Waals surface area contributed by atoms with E-state index in [0.717, 1.165) is 31.5 Å². The van der Waals surface area contributed by atoms with Crippen molar-refractivity contribution in [2.24, 2.45) is 13.0 Å². The standard InChI is InChI=1S/C20H27N3O2/c1-4-17-13-18(22(2)21-17)20(24)23-11-10-16(19(14-23)25-3)12-15-8-6-5-7-9-15/h5-9,13,16,19H,4,10-12,14H2,1-3H3/t16-,19+/m1/s1. The molecule has 134 valence electrons. The van der Waals surface area contributed by atoms with E-state index in [1.54, 1.807) is 11.8 Å². The molecular weight excluding hydrogens is 314 g/mol. The Morgan fingerprint density at radius 1 is 1.32 bits per heavy atom. The monoisotopic (exact) mass is 341 g/mol. The molecule has 1 fully saturated rings. The van der Waals surface area contributed by atoms with Crippen LogP contribution in [0, 0.1) is 5.92 Å². The van der Waals surface area contributed by atoms with E-state index in [4.69, 9.17) is 4.74 Å². The summed E-state index contributed by atoms with van der Waals surface area (Å²) in [4.78, 5) is 14.8. The molecule has 1 aromatic heterocycles. The fourth-order valence-corrected chi connectivity index (χ4v) is 3.63. The third-order valence-electron chi connectivity index (χ3n) is 5.14. The summed E-state index contributed by atoms with van der Waals surface area (Å²) in [5.74, 6) is 0.490. The third kappa shape index (κ3) is 3.93. The predicted molar refractivity (Wildman–Crippen MR) is 97.5 cm³/mol. The molecule has 3 rings (SSSR count). The number of aryl methyl sites for hydroxylation is 2. The zero-order chi connectivity index (χ0) is 17.8. The second-order valence-electron chi connectivity index (χ2n) is 6.76. The summed E-state index contributed by atoms with van der Waals surface area (Å²) in [7, 11) is 3.58. The van der Waals surface area contributed by atoms with Crippen LogP contribution in [-0.2, 0) is 24.6 Å². The molecule has 0 N–H and O–H groups in total. The Morgan fingerprint density at radius 3 is 2.72 bits per heavy atom. The van der Waals surface area contributed by atoms with Gasteiger partial charge in [0.1, 0.15) is 5.69 Å². The lowest BCUT2D eigenvalue weighted by Gasteiger charge is -2.38. The molecule has 5 heteroatoms. The largest absolute Gasteiger partial charge is 0.379 e. The van der Waals surface area contributed by atoms with Crippen molar-refractivity contribution in [2.45, 2.75) is 32.3 Å². The fourth-order valence-electron chi connectivity index (χ4n) is 3.63. The van der Waals surface area contributed by atoms with Crippen LogP contribution in [0.25, 0.3) is 0 Å². The second kappa shape index (κ2) is 7.83. The lowest BCUT2D eigenvalue weighted by molar-refractivity contribution is -0.00731. The van der Waals surface area contributed by atoms with Gasteiger partial charge in [0.05, 0.1) is 11.8 Å². The number of benzene rings is 1. The highest BCUT2D eigenvalue weighted by Gasteiger charge is 2.32. The summed E-state index contributed by atoms with van der Waals surface area (Å²) in [5.41, 5.74) is 2.94. The van der Waals surface area contributed by atoms with E-state index >= 15 is 0 Å². The zero-order valence-electron chi connectivity index (χ0n) is 15.3. The van der Waals surface area contributed by atoms with Gasteiger partial charge in [0.2, 0.25) is 0 Å². The number of carbonyl (C=O) groups is 1. The van der Waals surface area contributed by atoms with Crippen LogP contribution in [0.3, 0.4) is 0 Å². The number of likely N-dealkylation sites (tertiary alicyclic amines) is 1. The first-order valence-corrected chi connectivity index (χ1v) is 9.01. The maximum absolute atomic E-state index is 12.9. The first-order chi connectivity index (χ1) is 12.1. The van der Waals surface area contributed by atoms with Crippen molar-refractivity contribution in [3.63, 3.8) is 0 Å². The molecule has 2 aromatic rings. The average Bonchev–Trinajstić information content (AvgIpc) is 3.03. The number of ether oxygens (including phenoxy) is 1. The molecule has 1 aliphatic rings. The van der Waals surface area contributed by atoms with E-state index in [2.05, 4.69) is 29.4 Å².